The van der Waals surface area contributed by atoms with Crippen molar-refractivity contribution >= 4 is 11.6 Å². The van der Waals surface area contributed by atoms with Crippen LogP contribution in [0.3, 0.4) is 0 Å². The van der Waals surface area contributed by atoms with Gasteiger partial charge in [-0.2, -0.15) is 0 Å². The fraction of sp³-hybridized carbons (Fsp3) is 0.500. The molecule has 4 atom stereocenters. The lowest BCUT2D eigenvalue weighted by atomic mass is 10.1. The minimum Gasteiger partial charge on any atom is -0.394 e. The van der Waals surface area contributed by atoms with Gasteiger partial charge in [-0.15, -0.1) is 5.10 Å². The molecule has 10 heteroatoms. The van der Waals surface area contributed by atoms with Crippen molar-refractivity contribution < 1.29 is 19.3 Å². The highest BCUT2D eigenvalue weighted by Gasteiger charge is 2.46. The molecule has 1 fully saturated rings. The molecular formula is C10H12FN5O4. The van der Waals surface area contributed by atoms with E-state index >= 15 is 0 Å². The van der Waals surface area contributed by atoms with Crippen molar-refractivity contribution in [3.63, 3.8) is 0 Å². The third-order valence-electron chi connectivity index (χ3n) is 3.21. The molecule has 2 aromatic heterocycles. The molecule has 0 spiro atoms. The minimum absolute atomic E-state index is 0.0630. The van der Waals surface area contributed by atoms with Crippen LogP contribution in [0.5, 0.6) is 0 Å². The van der Waals surface area contributed by atoms with Gasteiger partial charge in [-0.25, -0.2) is 13.9 Å². The van der Waals surface area contributed by atoms with E-state index in [0.717, 1.165) is 4.52 Å². The number of ether oxygens (including phenoxy) is 1. The summed E-state index contributed by atoms with van der Waals surface area (Å²) in [5.74, 6) is -0.158. The maximum absolute atomic E-state index is 14.0. The Hall–Kier alpha value is -2.04. The zero-order valence-corrected chi connectivity index (χ0v) is 10.1. The zero-order chi connectivity index (χ0) is 14.4. The molecule has 4 unspecified atom stereocenters. The SMILES string of the molecule is Nc1nn2c(C3OC(CO)C(O)C3F)cnc2c(=O)[nH]1. The van der Waals surface area contributed by atoms with E-state index in [1.165, 1.54) is 6.20 Å². The average Bonchev–Trinajstić information content (AvgIpc) is 2.93. The number of aliphatic hydroxyl groups is 2. The van der Waals surface area contributed by atoms with Gasteiger partial charge < -0.3 is 20.7 Å². The maximum atomic E-state index is 14.0. The van der Waals surface area contributed by atoms with Crippen molar-refractivity contribution in [1.82, 2.24) is 19.6 Å². The Labute approximate surface area is 110 Å². The number of nitrogens with two attached hydrogens (primary N) is 1. The number of aliphatic hydroxyl groups excluding tert-OH is 2. The summed E-state index contributed by atoms with van der Waals surface area (Å²) in [6.07, 6.45) is -4.24. The second-order valence-electron chi connectivity index (χ2n) is 4.47. The van der Waals surface area contributed by atoms with Crippen molar-refractivity contribution in [1.29, 1.82) is 0 Å². The lowest BCUT2D eigenvalue weighted by Crippen LogP contribution is -2.30. The van der Waals surface area contributed by atoms with Crippen LogP contribution in [0.15, 0.2) is 11.0 Å². The average molecular weight is 285 g/mol. The molecule has 1 saturated heterocycles. The van der Waals surface area contributed by atoms with Gasteiger partial charge in [0.25, 0.3) is 5.56 Å². The van der Waals surface area contributed by atoms with Crippen molar-refractivity contribution in [2.45, 2.75) is 24.5 Å². The highest BCUT2D eigenvalue weighted by atomic mass is 19.1. The third kappa shape index (κ3) is 1.77. The smallest absolute Gasteiger partial charge is 0.295 e. The molecule has 20 heavy (non-hydrogen) atoms. The van der Waals surface area contributed by atoms with Crippen molar-refractivity contribution in [2.24, 2.45) is 0 Å². The van der Waals surface area contributed by atoms with E-state index in [1.54, 1.807) is 0 Å². The highest BCUT2D eigenvalue weighted by Crippen LogP contribution is 2.35. The van der Waals surface area contributed by atoms with E-state index < -0.39 is 36.6 Å². The van der Waals surface area contributed by atoms with Crippen molar-refractivity contribution in [3.05, 3.63) is 22.2 Å². The number of H-pyrrole nitrogens is 1. The number of anilines is 1. The number of aromatic amines is 1. The molecule has 0 aromatic carbocycles. The molecule has 108 valence electrons. The van der Waals surface area contributed by atoms with Gasteiger partial charge >= 0.3 is 0 Å². The van der Waals surface area contributed by atoms with Crippen LogP contribution in [-0.2, 0) is 4.74 Å². The second-order valence-corrected chi connectivity index (χ2v) is 4.47. The van der Waals surface area contributed by atoms with Crippen LogP contribution < -0.4 is 11.3 Å². The Morgan fingerprint density at radius 2 is 2.35 bits per heavy atom. The molecule has 9 nitrogen and oxygen atoms in total. The van der Waals surface area contributed by atoms with Crippen molar-refractivity contribution in [3.8, 4) is 0 Å². The predicted octanol–water partition coefficient (Wildman–Crippen LogP) is -1.87. The van der Waals surface area contributed by atoms with E-state index in [1.807, 2.05) is 0 Å². The molecule has 1 aliphatic rings. The number of halogens is 1. The van der Waals surface area contributed by atoms with Crippen LogP contribution in [-0.4, -0.2) is 54.8 Å². The fourth-order valence-corrected chi connectivity index (χ4v) is 2.23. The molecule has 0 aliphatic carbocycles. The Balaban J connectivity index is 2.09. The number of alkyl halides is 1. The number of hydrogen-bond donors (Lipinski definition) is 4. The van der Waals surface area contributed by atoms with E-state index in [-0.39, 0.29) is 17.3 Å². The summed E-state index contributed by atoms with van der Waals surface area (Å²) in [7, 11) is 0. The highest BCUT2D eigenvalue weighted by molar-refractivity contribution is 5.38. The molecule has 5 N–H and O–H groups in total. The van der Waals surface area contributed by atoms with Crippen molar-refractivity contribution in [2.75, 3.05) is 12.3 Å². The number of nitrogens with zero attached hydrogens (tertiary/aromatic N) is 3. The fourth-order valence-electron chi connectivity index (χ4n) is 2.23. The summed E-state index contributed by atoms with van der Waals surface area (Å²) in [4.78, 5) is 17.7. The second kappa shape index (κ2) is 4.51. The van der Waals surface area contributed by atoms with Crippen LogP contribution in [0.1, 0.15) is 11.8 Å². The molecule has 0 amide bonds. The zero-order valence-electron chi connectivity index (χ0n) is 10.1. The number of hydrogen-bond acceptors (Lipinski definition) is 7. The summed E-state index contributed by atoms with van der Waals surface area (Å²) < 4.78 is 20.3. The standard InChI is InChI=1S/C10H12FN5O4/c11-5-6(18)4(2-17)20-7(5)3-1-13-8-9(19)14-10(12)15-16(3)8/h1,4-7,17-18H,2H2,(H3,12,14,15,19). The van der Waals surface area contributed by atoms with Gasteiger partial charge in [-0.1, -0.05) is 0 Å². The van der Waals surface area contributed by atoms with Crippen LogP contribution >= 0.6 is 0 Å². The van der Waals surface area contributed by atoms with E-state index in [4.69, 9.17) is 15.6 Å². The Morgan fingerprint density at radius 3 is 3.00 bits per heavy atom. The first-order valence-corrected chi connectivity index (χ1v) is 5.85. The van der Waals surface area contributed by atoms with Gasteiger partial charge in [0.1, 0.15) is 18.3 Å². The number of nitrogen functional groups attached to an aromatic ring is 1. The number of rotatable bonds is 2. The van der Waals surface area contributed by atoms with Gasteiger partial charge in [-0.3, -0.25) is 9.78 Å². The van der Waals surface area contributed by atoms with Crippen LogP contribution in [0.2, 0.25) is 0 Å². The van der Waals surface area contributed by atoms with E-state index in [0.29, 0.717) is 0 Å². The number of fused-ring (bicyclic) bond motifs is 1. The first kappa shape index (κ1) is 13.0. The number of aromatic nitrogens is 4. The molecule has 0 bridgehead atoms. The van der Waals surface area contributed by atoms with Gasteiger partial charge in [0, 0.05) is 0 Å². The molecule has 1 aliphatic heterocycles. The van der Waals surface area contributed by atoms with Crippen LogP contribution in [0.25, 0.3) is 5.65 Å². The normalized spacial score (nSPS) is 30.1. The van der Waals surface area contributed by atoms with Gasteiger partial charge in [-0.05, 0) is 0 Å². The van der Waals surface area contributed by atoms with E-state index in [2.05, 4.69) is 15.1 Å². The van der Waals surface area contributed by atoms with Crippen LogP contribution in [0, 0.1) is 0 Å². The Bertz CT molecular complexity index is 701. The first-order valence-electron chi connectivity index (χ1n) is 5.85. The molecule has 0 radical (unpaired) electrons. The largest absolute Gasteiger partial charge is 0.394 e. The molecule has 0 saturated carbocycles. The lowest BCUT2D eigenvalue weighted by molar-refractivity contribution is -0.0241. The quantitative estimate of drug-likeness (QED) is 0.507. The molecule has 2 aromatic rings. The van der Waals surface area contributed by atoms with Gasteiger partial charge in [0.05, 0.1) is 18.5 Å². The Kier molecular flexibility index (Phi) is 2.92. The molecule has 3 rings (SSSR count). The monoisotopic (exact) mass is 285 g/mol. The van der Waals surface area contributed by atoms with Gasteiger partial charge in [0.15, 0.2) is 6.17 Å². The summed E-state index contributed by atoms with van der Waals surface area (Å²) in [6, 6.07) is 0. The summed E-state index contributed by atoms with van der Waals surface area (Å²) in [6.45, 7) is -0.523. The molecular weight excluding hydrogens is 273 g/mol. The maximum Gasteiger partial charge on any atom is 0.295 e. The predicted molar refractivity (Wildman–Crippen MR) is 63.6 cm³/mol. The summed E-state index contributed by atoms with van der Waals surface area (Å²) in [5, 5.41) is 22.4. The van der Waals surface area contributed by atoms with E-state index in [9.17, 15) is 14.3 Å². The van der Waals surface area contributed by atoms with Gasteiger partial charge in [0.2, 0.25) is 11.6 Å². The lowest BCUT2D eigenvalue weighted by Gasteiger charge is -2.11. The van der Waals surface area contributed by atoms with Crippen LogP contribution in [0.4, 0.5) is 10.3 Å². The topological polar surface area (TPSA) is 139 Å². The Morgan fingerprint density at radius 1 is 1.60 bits per heavy atom. The summed E-state index contributed by atoms with van der Waals surface area (Å²) in [5.41, 5.74) is 4.93. The minimum atomic E-state index is -1.77. The number of nitrogens with one attached hydrogen (secondary N) is 1. The summed E-state index contributed by atoms with van der Waals surface area (Å²) >= 11 is 0. The third-order valence-corrected chi connectivity index (χ3v) is 3.21. The number of imidazole rings is 1. The molecule has 3 heterocycles. The first-order chi connectivity index (χ1) is 9.52.